The number of nitrogens with one attached hydrogen (secondary N) is 1. The number of hydrogen-bond donors (Lipinski definition) is 1. The smallest absolute Gasteiger partial charge is 0.123 e. The molecule has 0 radical (unpaired) electrons. The Morgan fingerprint density at radius 1 is 1.28 bits per heavy atom. The molecule has 92 valence electrons. The van der Waals surface area contributed by atoms with Crippen molar-refractivity contribution in [1.29, 1.82) is 0 Å². The molecule has 0 bridgehead atoms. The Balaban J connectivity index is 1.93. The van der Waals surface area contributed by atoms with Crippen LogP contribution in [-0.4, -0.2) is 16.5 Å². The van der Waals surface area contributed by atoms with E-state index in [1.165, 1.54) is 11.6 Å². The van der Waals surface area contributed by atoms with E-state index in [-0.39, 0.29) is 5.82 Å². The highest BCUT2D eigenvalue weighted by molar-refractivity contribution is 5.31. The molecule has 3 rings (SSSR count). The van der Waals surface area contributed by atoms with E-state index < -0.39 is 0 Å². The lowest BCUT2D eigenvalue weighted by Crippen LogP contribution is -2.26. The van der Waals surface area contributed by atoms with Crippen LogP contribution in [0.1, 0.15) is 22.5 Å². The van der Waals surface area contributed by atoms with Gasteiger partial charge < -0.3 is 5.32 Å². The fraction of sp³-hybridized carbons (Fsp3) is 0.286. The van der Waals surface area contributed by atoms with Crippen LogP contribution in [0.3, 0.4) is 0 Å². The van der Waals surface area contributed by atoms with Crippen molar-refractivity contribution in [3.63, 3.8) is 0 Å². The monoisotopic (exact) mass is 243 g/mol. The average molecular weight is 243 g/mol. The second-order valence-corrected chi connectivity index (χ2v) is 4.48. The maximum atomic E-state index is 13.2. The number of benzene rings is 1. The maximum Gasteiger partial charge on any atom is 0.123 e. The van der Waals surface area contributed by atoms with Gasteiger partial charge in [-0.05, 0) is 17.7 Å². The fourth-order valence-electron chi connectivity index (χ4n) is 2.32. The van der Waals surface area contributed by atoms with Crippen LogP contribution < -0.4 is 5.32 Å². The van der Waals surface area contributed by atoms with Gasteiger partial charge in [-0.3, -0.25) is 0 Å². The molecular weight excluding hydrogens is 229 g/mol. The van der Waals surface area contributed by atoms with Crippen molar-refractivity contribution in [3.8, 4) is 0 Å². The molecule has 4 heteroatoms. The summed E-state index contributed by atoms with van der Waals surface area (Å²) < 4.78 is 13.2. The number of hydrogen-bond acceptors (Lipinski definition) is 3. The third kappa shape index (κ3) is 2.24. The molecule has 0 saturated carbocycles. The molecular formula is C14H14FN3. The molecule has 1 N–H and O–H groups in total. The highest BCUT2D eigenvalue weighted by atomic mass is 19.1. The Morgan fingerprint density at radius 2 is 2.22 bits per heavy atom. The summed E-state index contributed by atoms with van der Waals surface area (Å²) in [5.74, 6) is -0.200. The van der Waals surface area contributed by atoms with E-state index in [1.807, 2.05) is 6.07 Å². The molecule has 3 nitrogen and oxygen atoms in total. The quantitative estimate of drug-likeness (QED) is 0.874. The van der Waals surface area contributed by atoms with E-state index in [0.717, 1.165) is 36.5 Å². The highest BCUT2D eigenvalue weighted by Gasteiger charge is 2.15. The zero-order chi connectivity index (χ0) is 12.4. The van der Waals surface area contributed by atoms with E-state index in [2.05, 4.69) is 15.3 Å². The van der Waals surface area contributed by atoms with Gasteiger partial charge in [-0.1, -0.05) is 12.1 Å². The first-order valence-corrected chi connectivity index (χ1v) is 6.10. The molecule has 0 spiro atoms. The van der Waals surface area contributed by atoms with Crippen LogP contribution in [0.25, 0.3) is 0 Å². The lowest BCUT2D eigenvalue weighted by Gasteiger charge is -2.18. The van der Waals surface area contributed by atoms with E-state index in [0.29, 0.717) is 6.42 Å². The Bertz CT molecular complexity index is 569. The van der Waals surface area contributed by atoms with Gasteiger partial charge in [0.2, 0.25) is 0 Å². The van der Waals surface area contributed by atoms with E-state index in [4.69, 9.17) is 0 Å². The van der Waals surface area contributed by atoms with Crippen molar-refractivity contribution >= 4 is 0 Å². The third-order valence-electron chi connectivity index (χ3n) is 3.22. The minimum absolute atomic E-state index is 0.200. The zero-order valence-electron chi connectivity index (χ0n) is 9.99. The summed E-state index contributed by atoms with van der Waals surface area (Å²) in [6, 6.07) is 6.68. The fourth-order valence-corrected chi connectivity index (χ4v) is 2.32. The highest BCUT2D eigenvalue weighted by Crippen LogP contribution is 2.17. The minimum atomic E-state index is -0.200. The van der Waals surface area contributed by atoms with Gasteiger partial charge >= 0.3 is 0 Å². The van der Waals surface area contributed by atoms with E-state index in [1.54, 1.807) is 18.5 Å². The normalized spacial score (nSPS) is 14.3. The Kier molecular flexibility index (Phi) is 3.02. The Hall–Kier alpha value is -1.81. The van der Waals surface area contributed by atoms with Gasteiger partial charge in [0.1, 0.15) is 12.1 Å². The summed E-state index contributed by atoms with van der Waals surface area (Å²) in [6.45, 7) is 1.77. The van der Waals surface area contributed by atoms with Gasteiger partial charge in [0.05, 0.1) is 5.69 Å². The summed E-state index contributed by atoms with van der Waals surface area (Å²) in [7, 11) is 0. The summed E-state index contributed by atoms with van der Waals surface area (Å²) >= 11 is 0. The van der Waals surface area contributed by atoms with Crippen molar-refractivity contribution < 1.29 is 4.39 Å². The Morgan fingerprint density at radius 3 is 3.11 bits per heavy atom. The van der Waals surface area contributed by atoms with Crippen molar-refractivity contribution in [1.82, 2.24) is 15.3 Å². The SMILES string of the molecule is Fc1cccc(Cc2ncnc3c2CNCC3)c1. The number of halogens is 1. The molecule has 1 aliphatic rings. The molecule has 0 fully saturated rings. The molecule has 1 aromatic carbocycles. The van der Waals surface area contributed by atoms with Crippen molar-refractivity contribution in [2.45, 2.75) is 19.4 Å². The summed E-state index contributed by atoms with van der Waals surface area (Å²) in [4.78, 5) is 8.66. The third-order valence-corrected chi connectivity index (χ3v) is 3.22. The van der Waals surface area contributed by atoms with Crippen molar-refractivity contribution in [3.05, 3.63) is 58.9 Å². The van der Waals surface area contributed by atoms with Crippen LogP contribution >= 0.6 is 0 Å². The summed E-state index contributed by atoms with van der Waals surface area (Å²) in [5.41, 5.74) is 4.24. The lowest BCUT2D eigenvalue weighted by molar-refractivity contribution is 0.616. The first kappa shape index (κ1) is 11.3. The lowest BCUT2D eigenvalue weighted by atomic mass is 10.0. The van der Waals surface area contributed by atoms with Crippen molar-refractivity contribution in [2.75, 3.05) is 6.54 Å². The van der Waals surface area contributed by atoms with Gasteiger partial charge in [0.25, 0.3) is 0 Å². The van der Waals surface area contributed by atoms with E-state index >= 15 is 0 Å². The van der Waals surface area contributed by atoms with Gasteiger partial charge in [-0.2, -0.15) is 0 Å². The molecule has 0 atom stereocenters. The predicted molar refractivity (Wildman–Crippen MR) is 66.6 cm³/mol. The topological polar surface area (TPSA) is 37.8 Å². The summed E-state index contributed by atoms with van der Waals surface area (Å²) in [6.07, 6.45) is 3.21. The molecule has 18 heavy (non-hydrogen) atoms. The first-order valence-electron chi connectivity index (χ1n) is 6.10. The van der Waals surface area contributed by atoms with Gasteiger partial charge in [-0.15, -0.1) is 0 Å². The molecule has 1 aliphatic heterocycles. The Labute approximate surface area is 105 Å². The first-order chi connectivity index (χ1) is 8.83. The minimum Gasteiger partial charge on any atom is -0.312 e. The van der Waals surface area contributed by atoms with Crippen molar-refractivity contribution in [2.24, 2.45) is 0 Å². The maximum absolute atomic E-state index is 13.2. The molecule has 0 aliphatic carbocycles. The molecule has 0 unspecified atom stereocenters. The predicted octanol–water partition coefficient (Wildman–Crippen LogP) is 1.85. The van der Waals surface area contributed by atoms with Crippen LogP contribution in [0.4, 0.5) is 4.39 Å². The van der Waals surface area contributed by atoms with Crippen LogP contribution in [0.5, 0.6) is 0 Å². The molecule has 2 aromatic rings. The van der Waals surface area contributed by atoms with Crippen LogP contribution in [0, 0.1) is 5.82 Å². The standard InChI is InChI=1S/C14H14FN3/c15-11-3-1-2-10(6-11)7-14-12-8-16-5-4-13(12)17-9-18-14/h1-3,6,9,16H,4-5,7-8H2. The number of fused-ring (bicyclic) bond motifs is 1. The zero-order valence-corrected chi connectivity index (χ0v) is 9.99. The number of nitrogens with zero attached hydrogens (tertiary/aromatic N) is 2. The second kappa shape index (κ2) is 4.82. The van der Waals surface area contributed by atoms with Crippen LogP contribution in [0.15, 0.2) is 30.6 Å². The molecule has 0 amide bonds. The summed E-state index contributed by atoms with van der Waals surface area (Å²) in [5, 5.41) is 3.32. The molecule has 1 aromatic heterocycles. The second-order valence-electron chi connectivity index (χ2n) is 4.48. The van der Waals surface area contributed by atoms with Crippen LogP contribution in [-0.2, 0) is 19.4 Å². The van der Waals surface area contributed by atoms with Gasteiger partial charge in [-0.25, -0.2) is 14.4 Å². The van der Waals surface area contributed by atoms with Gasteiger partial charge in [0.15, 0.2) is 0 Å². The molecule has 2 heterocycles. The average Bonchev–Trinajstić information content (AvgIpc) is 2.39. The van der Waals surface area contributed by atoms with Gasteiger partial charge in [0, 0.05) is 37.2 Å². The number of aromatic nitrogens is 2. The molecule has 0 saturated heterocycles. The van der Waals surface area contributed by atoms with E-state index in [9.17, 15) is 4.39 Å². The number of rotatable bonds is 2. The largest absolute Gasteiger partial charge is 0.312 e. The van der Waals surface area contributed by atoms with Crippen LogP contribution in [0.2, 0.25) is 0 Å².